The number of halogens is 1. The molecule has 4 nitrogen and oxygen atoms in total. The molecule has 100 valence electrons. The molecule has 2 heterocycles. The van der Waals surface area contributed by atoms with Crippen LogP contribution in [-0.4, -0.2) is 26.7 Å². The maximum absolute atomic E-state index is 13.9. The van der Waals surface area contributed by atoms with Gasteiger partial charge in [-0.2, -0.15) is 0 Å². The third-order valence-corrected chi connectivity index (χ3v) is 4.29. The summed E-state index contributed by atoms with van der Waals surface area (Å²) in [5.41, 5.74) is 3.85. The first kappa shape index (κ1) is 12.5. The van der Waals surface area contributed by atoms with Gasteiger partial charge in [0.15, 0.2) is 5.82 Å². The zero-order valence-corrected chi connectivity index (χ0v) is 11.6. The number of hydrogen-bond acceptors (Lipinski definition) is 4. The van der Waals surface area contributed by atoms with E-state index >= 15 is 0 Å². The fourth-order valence-corrected chi connectivity index (χ4v) is 3.16. The monoisotopic (exact) mass is 278 g/mol. The van der Waals surface area contributed by atoms with Gasteiger partial charge in [0, 0.05) is 5.75 Å². The molecule has 0 radical (unpaired) electrons. The molecule has 1 unspecified atom stereocenters. The van der Waals surface area contributed by atoms with Crippen LogP contribution in [0.1, 0.15) is 13.8 Å². The van der Waals surface area contributed by atoms with Crippen LogP contribution in [0.5, 0.6) is 0 Å². The van der Waals surface area contributed by atoms with Gasteiger partial charge in [-0.15, -0.1) is 10.2 Å². The van der Waals surface area contributed by atoms with Crippen LogP contribution in [-0.2, 0) is 0 Å². The Kier molecular flexibility index (Phi) is 3.18. The lowest BCUT2D eigenvalue weighted by Crippen LogP contribution is -2.38. The molecule has 1 N–H and O–H groups in total. The topological polar surface area (TPSA) is 42.7 Å². The number of rotatable bonds is 2. The molecule has 0 amide bonds. The molecule has 0 saturated carbocycles. The molecule has 0 aliphatic carbocycles. The maximum atomic E-state index is 13.9. The van der Waals surface area contributed by atoms with Crippen molar-refractivity contribution in [2.75, 3.05) is 11.2 Å². The lowest BCUT2D eigenvalue weighted by Gasteiger charge is -2.28. The SMILES string of the molecule is CC(C)C1CSc2nnc(-c3ccccc3F)n2N1. The van der Waals surface area contributed by atoms with Gasteiger partial charge in [0.25, 0.3) is 0 Å². The van der Waals surface area contributed by atoms with E-state index in [-0.39, 0.29) is 5.82 Å². The quantitative estimate of drug-likeness (QED) is 0.917. The first-order chi connectivity index (χ1) is 9.16. The summed E-state index contributed by atoms with van der Waals surface area (Å²) >= 11 is 1.65. The summed E-state index contributed by atoms with van der Waals surface area (Å²) in [6.45, 7) is 4.33. The highest BCUT2D eigenvalue weighted by Crippen LogP contribution is 2.29. The van der Waals surface area contributed by atoms with Crippen LogP contribution in [0.2, 0.25) is 0 Å². The van der Waals surface area contributed by atoms with Crippen LogP contribution < -0.4 is 5.43 Å². The fourth-order valence-electron chi connectivity index (χ4n) is 2.01. The van der Waals surface area contributed by atoms with Crippen molar-refractivity contribution < 1.29 is 4.39 Å². The standard InChI is InChI=1S/C13H15FN4S/c1-8(2)11-7-19-13-16-15-12(18(13)17-11)9-5-3-4-6-10(9)14/h3-6,8,11,17H,7H2,1-2H3. The predicted molar refractivity (Wildman–Crippen MR) is 74.1 cm³/mol. The molecular formula is C13H15FN4S. The zero-order chi connectivity index (χ0) is 13.4. The van der Waals surface area contributed by atoms with E-state index in [1.54, 1.807) is 34.6 Å². The smallest absolute Gasteiger partial charge is 0.210 e. The summed E-state index contributed by atoms with van der Waals surface area (Å²) in [5, 5.41) is 9.01. The van der Waals surface area contributed by atoms with E-state index in [1.165, 1.54) is 6.07 Å². The molecule has 0 fully saturated rings. The van der Waals surface area contributed by atoms with Crippen molar-refractivity contribution >= 4 is 11.8 Å². The molecule has 1 aliphatic heterocycles. The van der Waals surface area contributed by atoms with Gasteiger partial charge < -0.3 is 5.43 Å². The molecule has 1 atom stereocenters. The van der Waals surface area contributed by atoms with Crippen LogP contribution in [0.4, 0.5) is 4.39 Å². The highest BCUT2D eigenvalue weighted by molar-refractivity contribution is 7.99. The van der Waals surface area contributed by atoms with E-state index in [2.05, 4.69) is 29.5 Å². The molecule has 6 heteroatoms. The Hall–Kier alpha value is -1.56. The molecule has 0 bridgehead atoms. The number of nitrogens with one attached hydrogen (secondary N) is 1. The normalized spacial score (nSPS) is 18.2. The highest BCUT2D eigenvalue weighted by atomic mass is 32.2. The first-order valence-corrected chi connectivity index (χ1v) is 7.25. The number of nitrogens with zero attached hydrogens (tertiary/aromatic N) is 3. The summed E-state index contributed by atoms with van der Waals surface area (Å²) in [6, 6.07) is 6.96. The highest BCUT2D eigenvalue weighted by Gasteiger charge is 2.26. The molecule has 19 heavy (non-hydrogen) atoms. The minimum absolute atomic E-state index is 0.281. The molecule has 2 aromatic rings. The van der Waals surface area contributed by atoms with E-state index in [0.717, 1.165) is 10.9 Å². The second-order valence-corrected chi connectivity index (χ2v) is 5.90. The van der Waals surface area contributed by atoms with Crippen molar-refractivity contribution in [2.45, 2.75) is 25.0 Å². The van der Waals surface area contributed by atoms with E-state index < -0.39 is 0 Å². The summed E-state index contributed by atoms with van der Waals surface area (Å²) in [7, 11) is 0. The van der Waals surface area contributed by atoms with Gasteiger partial charge >= 0.3 is 0 Å². The molecule has 1 aromatic heterocycles. The molecule has 0 spiro atoms. The van der Waals surface area contributed by atoms with Gasteiger partial charge in [-0.25, -0.2) is 9.07 Å². The zero-order valence-electron chi connectivity index (χ0n) is 10.8. The van der Waals surface area contributed by atoms with Crippen LogP contribution >= 0.6 is 11.8 Å². The van der Waals surface area contributed by atoms with Gasteiger partial charge in [-0.1, -0.05) is 37.7 Å². The van der Waals surface area contributed by atoms with Gasteiger partial charge in [0.05, 0.1) is 11.6 Å². The fraction of sp³-hybridized carbons (Fsp3) is 0.385. The predicted octanol–water partition coefficient (Wildman–Crippen LogP) is 2.76. The number of thioether (sulfide) groups is 1. The van der Waals surface area contributed by atoms with Crippen LogP contribution in [0.25, 0.3) is 11.4 Å². The lowest BCUT2D eigenvalue weighted by atomic mass is 10.1. The van der Waals surface area contributed by atoms with Crippen LogP contribution in [0.3, 0.4) is 0 Å². The Balaban J connectivity index is 2.02. The third kappa shape index (κ3) is 2.20. The molecule has 1 aromatic carbocycles. The number of aromatic nitrogens is 3. The number of hydrogen-bond donors (Lipinski definition) is 1. The summed E-state index contributed by atoms with van der Waals surface area (Å²) in [6.07, 6.45) is 0. The Morgan fingerprint density at radius 3 is 2.89 bits per heavy atom. The van der Waals surface area contributed by atoms with Crippen molar-refractivity contribution in [3.8, 4) is 11.4 Å². The second kappa shape index (κ2) is 4.85. The van der Waals surface area contributed by atoms with E-state index in [9.17, 15) is 4.39 Å². The van der Waals surface area contributed by atoms with Crippen molar-refractivity contribution in [1.82, 2.24) is 14.9 Å². The first-order valence-electron chi connectivity index (χ1n) is 6.26. The van der Waals surface area contributed by atoms with Gasteiger partial charge in [0.2, 0.25) is 5.16 Å². The van der Waals surface area contributed by atoms with Crippen molar-refractivity contribution in [3.63, 3.8) is 0 Å². The average molecular weight is 278 g/mol. The van der Waals surface area contributed by atoms with E-state index in [0.29, 0.717) is 23.3 Å². The second-order valence-electron chi connectivity index (χ2n) is 4.91. The number of fused-ring (bicyclic) bond motifs is 1. The Morgan fingerprint density at radius 2 is 2.16 bits per heavy atom. The minimum Gasteiger partial charge on any atom is -0.318 e. The molecule has 0 saturated heterocycles. The summed E-state index contributed by atoms with van der Waals surface area (Å²) in [4.78, 5) is 0. The van der Waals surface area contributed by atoms with E-state index in [4.69, 9.17) is 0 Å². The van der Waals surface area contributed by atoms with Gasteiger partial charge in [-0.3, -0.25) is 0 Å². The van der Waals surface area contributed by atoms with Crippen LogP contribution in [0.15, 0.2) is 29.4 Å². The maximum Gasteiger partial charge on any atom is 0.210 e. The lowest BCUT2D eigenvalue weighted by molar-refractivity contribution is 0.502. The Bertz CT molecular complexity index is 596. The summed E-state index contributed by atoms with van der Waals surface area (Å²) in [5.74, 6) is 1.70. The van der Waals surface area contributed by atoms with Crippen molar-refractivity contribution in [1.29, 1.82) is 0 Å². The molecule has 3 rings (SSSR count). The molecular weight excluding hydrogens is 263 g/mol. The minimum atomic E-state index is -0.281. The summed E-state index contributed by atoms with van der Waals surface area (Å²) < 4.78 is 15.7. The third-order valence-electron chi connectivity index (χ3n) is 3.24. The molecule has 1 aliphatic rings. The Morgan fingerprint density at radius 1 is 1.37 bits per heavy atom. The van der Waals surface area contributed by atoms with Crippen molar-refractivity contribution in [2.24, 2.45) is 5.92 Å². The van der Waals surface area contributed by atoms with E-state index in [1.807, 2.05) is 0 Å². The van der Waals surface area contributed by atoms with Gasteiger partial charge in [0.1, 0.15) is 5.82 Å². The van der Waals surface area contributed by atoms with Crippen LogP contribution in [0, 0.1) is 11.7 Å². The number of benzene rings is 1. The average Bonchev–Trinajstić information content (AvgIpc) is 2.82. The Labute approximate surface area is 115 Å². The van der Waals surface area contributed by atoms with Gasteiger partial charge in [-0.05, 0) is 18.1 Å². The largest absolute Gasteiger partial charge is 0.318 e. The van der Waals surface area contributed by atoms with Crippen molar-refractivity contribution in [3.05, 3.63) is 30.1 Å².